The molecule has 0 saturated carbocycles. The number of benzene rings is 1. The van der Waals surface area contributed by atoms with Crippen LogP contribution >= 0.6 is 0 Å². The van der Waals surface area contributed by atoms with E-state index in [1.54, 1.807) is 12.1 Å². The molecule has 3 nitrogen and oxygen atoms in total. The van der Waals surface area contributed by atoms with Crippen molar-refractivity contribution in [3.63, 3.8) is 0 Å². The summed E-state index contributed by atoms with van der Waals surface area (Å²) >= 11 is 0. The molecule has 1 heterocycles. The second kappa shape index (κ2) is 14.1. The highest BCUT2D eigenvalue weighted by atomic mass is 16.2. The molecule has 1 aliphatic heterocycles. The number of carbonyl (C=O) groups excluding carboxylic acids is 2. The van der Waals surface area contributed by atoms with E-state index < -0.39 is 0 Å². The second-order valence-electron chi connectivity index (χ2n) is 8.25. The molecule has 160 valence electrons. The van der Waals surface area contributed by atoms with E-state index in [2.05, 4.69) is 19.1 Å². The van der Waals surface area contributed by atoms with Gasteiger partial charge in [0.05, 0.1) is 11.1 Å². The maximum atomic E-state index is 12.3. The Morgan fingerprint density at radius 2 is 1.10 bits per heavy atom. The molecule has 0 aliphatic carbocycles. The summed E-state index contributed by atoms with van der Waals surface area (Å²) in [4.78, 5) is 26.0. The van der Waals surface area contributed by atoms with E-state index in [-0.39, 0.29) is 11.8 Å². The lowest BCUT2D eigenvalue weighted by molar-refractivity contribution is 0.0651. The number of nitrogens with zero attached hydrogens (tertiary/aromatic N) is 1. The molecule has 0 N–H and O–H groups in total. The molecule has 3 heteroatoms. The molecule has 1 aliphatic rings. The Morgan fingerprint density at radius 3 is 1.62 bits per heavy atom. The first kappa shape index (κ1) is 23.4. The first-order valence-corrected chi connectivity index (χ1v) is 11.9. The van der Waals surface area contributed by atoms with E-state index in [4.69, 9.17) is 0 Å². The van der Waals surface area contributed by atoms with Crippen LogP contribution in [-0.2, 0) is 0 Å². The molecule has 0 aromatic heterocycles. The highest BCUT2D eigenvalue weighted by Gasteiger charge is 2.34. The van der Waals surface area contributed by atoms with Crippen LogP contribution in [0.25, 0.3) is 0 Å². The Hall–Kier alpha value is -1.90. The molecule has 2 rings (SSSR count). The lowest BCUT2D eigenvalue weighted by atomic mass is 10.1. The van der Waals surface area contributed by atoms with Gasteiger partial charge in [0.25, 0.3) is 11.8 Å². The molecule has 0 unspecified atom stereocenters. The summed E-state index contributed by atoms with van der Waals surface area (Å²) in [7, 11) is 0. The van der Waals surface area contributed by atoms with Gasteiger partial charge in [-0.25, -0.2) is 0 Å². The van der Waals surface area contributed by atoms with E-state index >= 15 is 0 Å². The van der Waals surface area contributed by atoms with Gasteiger partial charge in [-0.1, -0.05) is 89.0 Å². The van der Waals surface area contributed by atoms with Crippen LogP contribution in [0.3, 0.4) is 0 Å². The average Bonchev–Trinajstić information content (AvgIpc) is 2.98. The van der Waals surface area contributed by atoms with Crippen LogP contribution in [0.15, 0.2) is 36.4 Å². The largest absolute Gasteiger partial charge is 0.274 e. The Kier molecular flexibility index (Phi) is 11.4. The monoisotopic (exact) mass is 397 g/mol. The molecule has 0 spiro atoms. The van der Waals surface area contributed by atoms with Crippen LogP contribution in [0.5, 0.6) is 0 Å². The van der Waals surface area contributed by atoms with Crippen molar-refractivity contribution < 1.29 is 9.59 Å². The number of unbranched alkanes of at least 4 members (excludes halogenated alkanes) is 12. The van der Waals surface area contributed by atoms with E-state index in [1.807, 2.05) is 12.1 Å². The fourth-order valence-corrected chi connectivity index (χ4v) is 3.96. The highest BCUT2D eigenvalue weighted by Crippen LogP contribution is 2.23. The first-order chi connectivity index (χ1) is 14.3. The molecule has 0 radical (unpaired) electrons. The van der Waals surface area contributed by atoms with Gasteiger partial charge in [0, 0.05) is 6.54 Å². The fraction of sp³-hybridized carbons (Fsp3) is 0.615. The number of amides is 2. The Balaban J connectivity index is 1.41. The summed E-state index contributed by atoms with van der Waals surface area (Å²) in [5, 5.41) is 0. The summed E-state index contributed by atoms with van der Waals surface area (Å²) in [6, 6.07) is 7.13. The Bertz CT molecular complexity index is 615. The van der Waals surface area contributed by atoms with Gasteiger partial charge in [-0.3, -0.25) is 14.5 Å². The number of carbonyl (C=O) groups is 2. The van der Waals surface area contributed by atoms with Crippen LogP contribution < -0.4 is 0 Å². The standard InChI is InChI=1S/C26H39NO2/c1-2-3-4-5-6-7-8-9-10-11-12-13-14-15-16-19-22-27-25(28)23-20-17-18-21-24(23)26(27)29/h9-10,17-18,20-21H,2-8,11-16,19,22H2,1H3. The van der Waals surface area contributed by atoms with Gasteiger partial charge in [0.15, 0.2) is 0 Å². The fourth-order valence-electron chi connectivity index (χ4n) is 3.96. The van der Waals surface area contributed by atoms with Gasteiger partial charge < -0.3 is 0 Å². The van der Waals surface area contributed by atoms with Crippen LogP contribution in [0, 0.1) is 0 Å². The van der Waals surface area contributed by atoms with Crippen molar-refractivity contribution in [3.05, 3.63) is 47.5 Å². The minimum atomic E-state index is -0.127. The topological polar surface area (TPSA) is 37.4 Å². The normalized spacial score (nSPS) is 13.6. The maximum Gasteiger partial charge on any atom is 0.261 e. The first-order valence-electron chi connectivity index (χ1n) is 11.9. The minimum Gasteiger partial charge on any atom is -0.274 e. The van der Waals surface area contributed by atoms with Crippen LogP contribution in [0.4, 0.5) is 0 Å². The van der Waals surface area contributed by atoms with Gasteiger partial charge in [0.1, 0.15) is 0 Å². The molecule has 0 bridgehead atoms. The quantitative estimate of drug-likeness (QED) is 0.166. The van der Waals surface area contributed by atoms with Gasteiger partial charge in [0.2, 0.25) is 0 Å². The van der Waals surface area contributed by atoms with Crippen LogP contribution in [0.2, 0.25) is 0 Å². The summed E-state index contributed by atoms with van der Waals surface area (Å²) < 4.78 is 0. The van der Waals surface area contributed by atoms with Gasteiger partial charge in [-0.2, -0.15) is 0 Å². The van der Waals surface area contributed by atoms with Crippen molar-refractivity contribution >= 4 is 11.8 Å². The summed E-state index contributed by atoms with van der Waals surface area (Å²) in [5.74, 6) is -0.253. The predicted molar refractivity (Wildman–Crippen MR) is 121 cm³/mol. The number of hydrogen-bond acceptors (Lipinski definition) is 2. The number of rotatable bonds is 16. The van der Waals surface area contributed by atoms with Gasteiger partial charge in [-0.15, -0.1) is 0 Å². The smallest absolute Gasteiger partial charge is 0.261 e. The van der Waals surface area contributed by atoms with Crippen molar-refractivity contribution in [3.8, 4) is 0 Å². The van der Waals surface area contributed by atoms with Crippen LogP contribution in [-0.4, -0.2) is 23.3 Å². The van der Waals surface area contributed by atoms with Gasteiger partial charge in [-0.05, 0) is 44.2 Å². The lowest BCUT2D eigenvalue weighted by Gasteiger charge is -2.13. The molecule has 0 atom stereocenters. The Morgan fingerprint density at radius 1 is 0.655 bits per heavy atom. The molecule has 2 amide bonds. The number of allylic oxidation sites excluding steroid dienone is 2. The zero-order valence-electron chi connectivity index (χ0n) is 18.3. The maximum absolute atomic E-state index is 12.3. The molecule has 1 aromatic rings. The average molecular weight is 398 g/mol. The third-order valence-electron chi connectivity index (χ3n) is 5.77. The molecule has 1 aromatic carbocycles. The van der Waals surface area contributed by atoms with Gasteiger partial charge >= 0.3 is 0 Å². The molecule has 0 fully saturated rings. The van der Waals surface area contributed by atoms with E-state index in [0.717, 1.165) is 12.8 Å². The van der Waals surface area contributed by atoms with Crippen molar-refractivity contribution in [2.24, 2.45) is 0 Å². The lowest BCUT2D eigenvalue weighted by Crippen LogP contribution is -2.30. The third-order valence-corrected chi connectivity index (χ3v) is 5.77. The predicted octanol–water partition coefficient (Wildman–Crippen LogP) is 7.32. The van der Waals surface area contributed by atoms with E-state index in [0.29, 0.717) is 17.7 Å². The van der Waals surface area contributed by atoms with E-state index in [1.165, 1.54) is 81.9 Å². The second-order valence-corrected chi connectivity index (χ2v) is 8.25. The van der Waals surface area contributed by atoms with Crippen LogP contribution in [0.1, 0.15) is 118 Å². The summed E-state index contributed by atoms with van der Waals surface area (Å²) in [6.45, 7) is 2.81. The third kappa shape index (κ3) is 8.16. The van der Waals surface area contributed by atoms with Crippen molar-refractivity contribution in [2.45, 2.75) is 96.8 Å². The zero-order valence-corrected chi connectivity index (χ0v) is 18.3. The minimum absolute atomic E-state index is 0.127. The Labute approximate surface area is 177 Å². The molecule has 0 saturated heterocycles. The highest BCUT2D eigenvalue weighted by molar-refractivity contribution is 6.21. The molecule has 29 heavy (non-hydrogen) atoms. The van der Waals surface area contributed by atoms with Crippen molar-refractivity contribution in [2.75, 3.05) is 6.54 Å². The van der Waals surface area contributed by atoms with Crippen molar-refractivity contribution in [1.82, 2.24) is 4.90 Å². The van der Waals surface area contributed by atoms with E-state index in [9.17, 15) is 9.59 Å². The SMILES string of the molecule is CCCCCCCCC=CCCCCCCCCN1C(=O)c2ccccc2C1=O. The molecular weight excluding hydrogens is 358 g/mol. The summed E-state index contributed by atoms with van der Waals surface area (Å²) in [5.41, 5.74) is 1.11. The van der Waals surface area contributed by atoms with Crippen molar-refractivity contribution in [1.29, 1.82) is 0 Å². The zero-order chi connectivity index (χ0) is 20.7. The number of fused-ring (bicyclic) bond motifs is 1. The number of imide groups is 1. The summed E-state index contributed by atoms with van der Waals surface area (Å²) in [6.07, 6.45) is 22.4. The number of hydrogen-bond donors (Lipinski definition) is 0. The molecular formula is C26H39NO2.